The summed E-state index contributed by atoms with van der Waals surface area (Å²) in [6.07, 6.45) is 2.35. The fourth-order valence-corrected chi connectivity index (χ4v) is 3.76. The molecule has 0 radical (unpaired) electrons. The zero-order valence-electron chi connectivity index (χ0n) is 16.2. The molecule has 1 atom stereocenters. The van der Waals surface area contributed by atoms with Gasteiger partial charge in [-0.05, 0) is 57.2 Å². The third-order valence-corrected chi connectivity index (χ3v) is 5.55. The predicted octanol–water partition coefficient (Wildman–Crippen LogP) is 2.60. The number of aryl methyl sites for hydroxylation is 2. The minimum Gasteiger partial charge on any atom is -0.342 e. The molecule has 1 amide bonds. The molecule has 2 N–H and O–H groups in total. The zero-order chi connectivity index (χ0) is 18.7. The number of amides is 1. The first-order valence-corrected chi connectivity index (χ1v) is 9.54. The van der Waals surface area contributed by atoms with Gasteiger partial charge < -0.3 is 10.6 Å². The topological polar surface area (TPSA) is 64.2 Å². The monoisotopic (exact) mass is 354 g/mol. The van der Waals surface area contributed by atoms with Crippen LogP contribution in [0.4, 0.5) is 0 Å². The van der Waals surface area contributed by atoms with E-state index in [2.05, 4.69) is 42.8 Å². The number of benzene rings is 1. The summed E-state index contributed by atoms with van der Waals surface area (Å²) in [6, 6.07) is 8.56. The molecule has 1 aromatic heterocycles. The molecule has 0 aliphatic carbocycles. The van der Waals surface area contributed by atoms with Crippen molar-refractivity contribution in [3.63, 3.8) is 0 Å². The Hall–Kier alpha value is -2.14. The second-order valence-electron chi connectivity index (χ2n) is 7.52. The van der Waals surface area contributed by atoms with Crippen LogP contribution in [-0.2, 0) is 17.8 Å². The number of hydrogen-bond donors (Lipinski definition) is 1. The molecule has 2 aromatic rings. The van der Waals surface area contributed by atoms with E-state index in [1.807, 2.05) is 11.8 Å². The molecular formula is C21H30N4O. The molecule has 1 aliphatic heterocycles. The minimum atomic E-state index is 0.242. The largest absolute Gasteiger partial charge is 0.342 e. The first kappa shape index (κ1) is 18.6. The van der Waals surface area contributed by atoms with Gasteiger partial charge in [0.25, 0.3) is 0 Å². The van der Waals surface area contributed by atoms with Gasteiger partial charge in [0.15, 0.2) is 0 Å². The second-order valence-corrected chi connectivity index (χ2v) is 7.52. The van der Waals surface area contributed by atoms with Crippen LogP contribution in [-0.4, -0.2) is 40.2 Å². The maximum atomic E-state index is 12.5. The number of rotatable bonds is 6. The smallest absolute Gasteiger partial charge is 0.222 e. The number of aromatic nitrogens is 2. The molecule has 1 fully saturated rings. The highest BCUT2D eigenvalue weighted by molar-refractivity contribution is 5.76. The van der Waals surface area contributed by atoms with E-state index in [0.717, 1.165) is 43.9 Å². The molecule has 0 spiro atoms. The van der Waals surface area contributed by atoms with E-state index >= 15 is 0 Å². The van der Waals surface area contributed by atoms with Gasteiger partial charge in [0.05, 0.1) is 12.2 Å². The van der Waals surface area contributed by atoms with Gasteiger partial charge in [-0.2, -0.15) is 5.10 Å². The van der Waals surface area contributed by atoms with Crippen molar-refractivity contribution in [2.45, 2.75) is 46.6 Å². The lowest BCUT2D eigenvalue weighted by molar-refractivity contribution is -0.130. The average molecular weight is 354 g/mol. The Labute approximate surface area is 156 Å². The maximum Gasteiger partial charge on any atom is 0.222 e. The highest BCUT2D eigenvalue weighted by atomic mass is 16.2. The van der Waals surface area contributed by atoms with Gasteiger partial charge in [-0.3, -0.25) is 9.48 Å². The lowest BCUT2D eigenvalue weighted by atomic mass is 10.1. The van der Waals surface area contributed by atoms with E-state index in [-0.39, 0.29) is 5.91 Å². The highest BCUT2D eigenvalue weighted by Crippen LogP contribution is 2.20. The fourth-order valence-electron chi connectivity index (χ4n) is 3.76. The Morgan fingerprint density at radius 3 is 2.62 bits per heavy atom. The summed E-state index contributed by atoms with van der Waals surface area (Å²) in [4.78, 5) is 14.5. The molecule has 0 saturated carbocycles. The van der Waals surface area contributed by atoms with Crippen LogP contribution in [0.2, 0.25) is 0 Å². The number of carbonyl (C=O) groups is 1. The van der Waals surface area contributed by atoms with E-state index < -0.39 is 0 Å². The quantitative estimate of drug-likeness (QED) is 0.867. The Morgan fingerprint density at radius 1 is 1.23 bits per heavy atom. The van der Waals surface area contributed by atoms with Crippen LogP contribution < -0.4 is 5.73 Å². The Balaban J connectivity index is 1.62. The van der Waals surface area contributed by atoms with Crippen molar-refractivity contribution < 1.29 is 4.79 Å². The lowest BCUT2D eigenvalue weighted by Crippen LogP contribution is -2.30. The molecule has 140 valence electrons. The summed E-state index contributed by atoms with van der Waals surface area (Å²) in [5.41, 5.74) is 11.6. The molecule has 3 rings (SSSR count). The van der Waals surface area contributed by atoms with Gasteiger partial charge >= 0.3 is 0 Å². The number of nitrogens with two attached hydrogens (primary N) is 1. The van der Waals surface area contributed by atoms with E-state index in [1.54, 1.807) is 0 Å². The van der Waals surface area contributed by atoms with Gasteiger partial charge in [-0.25, -0.2) is 0 Å². The van der Waals surface area contributed by atoms with Crippen molar-refractivity contribution in [2.75, 3.05) is 19.6 Å². The SMILES string of the molecule is Cc1ccc(Cn2nc(C)c(CCC(=O)N3CCC(CN)C3)c2C)cc1. The summed E-state index contributed by atoms with van der Waals surface area (Å²) in [7, 11) is 0. The van der Waals surface area contributed by atoms with Gasteiger partial charge in [-0.1, -0.05) is 29.8 Å². The van der Waals surface area contributed by atoms with Crippen LogP contribution in [0.25, 0.3) is 0 Å². The van der Waals surface area contributed by atoms with Crippen molar-refractivity contribution in [2.24, 2.45) is 11.7 Å². The number of carbonyl (C=O) groups excluding carboxylic acids is 1. The lowest BCUT2D eigenvalue weighted by Gasteiger charge is -2.16. The van der Waals surface area contributed by atoms with E-state index in [1.165, 1.54) is 16.7 Å². The zero-order valence-corrected chi connectivity index (χ0v) is 16.2. The highest BCUT2D eigenvalue weighted by Gasteiger charge is 2.25. The summed E-state index contributed by atoms with van der Waals surface area (Å²) in [6.45, 7) is 9.36. The Morgan fingerprint density at radius 2 is 1.96 bits per heavy atom. The van der Waals surface area contributed by atoms with Crippen LogP contribution in [0.3, 0.4) is 0 Å². The van der Waals surface area contributed by atoms with Crippen molar-refractivity contribution in [1.82, 2.24) is 14.7 Å². The van der Waals surface area contributed by atoms with E-state index in [4.69, 9.17) is 10.8 Å². The van der Waals surface area contributed by atoms with Crippen molar-refractivity contribution in [3.05, 3.63) is 52.3 Å². The normalized spacial score (nSPS) is 17.1. The Kier molecular flexibility index (Phi) is 5.77. The van der Waals surface area contributed by atoms with Gasteiger partial charge in [0.1, 0.15) is 0 Å². The van der Waals surface area contributed by atoms with Crippen LogP contribution >= 0.6 is 0 Å². The summed E-state index contributed by atoms with van der Waals surface area (Å²) in [5, 5.41) is 4.70. The van der Waals surface area contributed by atoms with E-state index in [9.17, 15) is 4.79 Å². The third kappa shape index (κ3) is 4.15. The average Bonchev–Trinajstić information content (AvgIpc) is 3.21. The standard InChI is InChI=1S/C21H30N4O/c1-15-4-6-18(7-5-15)14-25-17(3)20(16(2)23-25)8-9-21(26)24-11-10-19(12-22)13-24/h4-7,19H,8-14,22H2,1-3H3. The van der Waals surface area contributed by atoms with Crippen molar-refractivity contribution >= 4 is 5.91 Å². The number of hydrogen-bond acceptors (Lipinski definition) is 3. The van der Waals surface area contributed by atoms with Crippen LogP contribution in [0.5, 0.6) is 0 Å². The Bertz CT molecular complexity index is 763. The van der Waals surface area contributed by atoms with Crippen LogP contribution in [0.15, 0.2) is 24.3 Å². The molecule has 1 saturated heterocycles. The van der Waals surface area contributed by atoms with Crippen LogP contribution in [0.1, 0.15) is 40.9 Å². The predicted molar refractivity (Wildman–Crippen MR) is 104 cm³/mol. The molecule has 1 unspecified atom stereocenters. The first-order valence-electron chi connectivity index (χ1n) is 9.54. The van der Waals surface area contributed by atoms with Gasteiger partial charge in [-0.15, -0.1) is 0 Å². The third-order valence-electron chi connectivity index (χ3n) is 5.55. The first-order chi connectivity index (χ1) is 12.5. The van der Waals surface area contributed by atoms with E-state index in [0.29, 0.717) is 18.9 Å². The summed E-state index contributed by atoms with van der Waals surface area (Å²) >= 11 is 0. The van der Waals surface area contributed by atoms with Crippen LogP contribution in [0, 0.1) is 26.7 Å². The van der Waals surface area contributed by atoms with Crippen molar-refractivity contribution in [3.8, 4) is 0 Å². The molecule has 5 nitrogen and oxygen atoms in total. The molecule has 1 aromatic carbocycles. The minimum absolute atomic E-state index is 0.242. The fraction of sp³-hybridized carbons (Fsp3) is 0.524. The molecule has 0 bridgehead atoms. The number of nitrogens with zero attached hydrogens (tertiary/aromatic N) is 3. The molecule has 1 aliphatic rings. The van der Waals surface area contributed by atoms with Gasteiger partial charge in [0, 0.05) is 25.2 Å². The summed E-state index contributed by atoms with van der Waals surface area (Å²) in [5.74, 6) is 0.714. The maximum absolute atomic E-state index is 12.5. The summed E-state index contributed by atoms with van der Waals surface area (Å²) < 4.78 is 2.06. The molecule has 26 heavy (non-hydrogen) atoms. The molecule has 2 heterocycles. The molecular weight excluding hydrogens is 324 g/mol. The molecule has 5 heteroatoms. The van der Waals surface area contributed by atoms with Gasteiger partial charge in [0.2, 0.25) is 5.91 Å². The van der Waals surface area contributed by atoms with Crippen molar-refractivity contribution in [1.29, 1.82) is 0 Å². The second kappa shape index (κ2) is 8.04. The number of likely N-dealkylation sites (tertiary alicyclic amines) is 1.